The molecule has 2 aromatic heterocycles. The Kier molecular flexibility index (Phi) is 8.98. The van der Waals surface area contributed by atoms with Gasteiger partial charge in [0, 0.05) is 18.0 Å². The lowest BCUT2D eigenvalue weighted by Gasteiger charge is -2.08. The molecule has 6 nitrogen and oxygen atoms in total. The van der Waals surface area contributed by atoms with Crippen molar-refractivity contribution in [3.63, 3.8) is 0 Å². The third-order valence-corrected chi connectivity index (χ3v) is 6.44. The molecule has 2 heterocycles. The Labute approximate surface area is 174 Å². The monoisotopic (exact) mass is 425 g/mol. The van der Waals surface area contributed by atoms with Gasteiger partial charge in [0.1, 0.15) is 4.83 Å². The second kappa shape index (κ2) is 11.0. The van der Waals surface area contributed by atoms with Gasteiger partial charge in [-0.25, -0.2) is 4.98 Å². The zero-order valence-electron chi connectivity index (χ0n) is 17.4. The van der Waals surface area contributed by atoms with Gasteiger partial charge in [-0.1, -0.05) is 32.0 Å². The summed E-state index contributed by atoms with van der Waals surface area (Å²) >= 11 is 2.81. The summed E-state index contributed by atoms with van der Waals surface area (Å²) in [6, 6.07) is 0. The number of nitrogens with zero attached hydrogens (tertiary/aromatic N) is 1. The van der Waals surface area contributed by atoms with Crippen LogP contribution in [0.15, 0.2) is 9.95 Å². The van der Waals surface area contributed by atoms with Crippen LogP contribution in [0.2, 0.25) is 0 Å². The zero-order chi connectivity index (χ0) is 20.7. The van der Waals surface area contributed by atoms with Crippen molar-refractivity contribution in [1.82, 2.24) is 15.3 Å². The lowest BCUT2D eigenvalue weighted by Crippen LogP contribution is -2.27. The average molecular weight is 426 g/mol. The SMILES string of the molecule is CCC(C)Cc1c(C)sc2nc(SCC(=O)NCCCOC(C)C)[nH]c(=O)c12. The first-order valence-electron chi connectivity index (χ1n) is 9.85. The number of H-pyrrole nitrogens is 1. The van der Waals surface area contributed by atoms with E-state index in [2.05, 4.69) is 29.1 Å². The molecule has 0 aliphatic heterocycles. The molecule has 1 amide bonds. The second-order valence-electron chi connectivity index (χ2n) is 7.32. The van der Waals surface area contributed by atoms with E-state index in [0.29, 0.717) is 29.6 Å². The van der Waals surface area contributed by atoms with Gasteiger partial charge < -0.3 is 15.0 Å². The molecule has 2 aromatic rings. The van der Waals surface area contributed by atoms with E-state index in [-0.39, 0.29) is 23.3 Å². The van der Waals surface area contributed by atoms with Gasteiger partial charge in [0.25, 0.3) is 5.56 Å². The Morgan fingerprint density at radius 1 is 1.36 bits per heavy atom. The smallest absolute Gasteiger partial charge is 0.260 e. The lowest BCUT2D eigenvalue weighted by molar-refractivity contribution is -0.118. The van der Waals surface area contributed by atoms with Crippen molar-refractivity contribution in [2.75, 3.05) is 18.9 Å². The summed E-state index contributed by atoms with van der Waals surface area (Å²) in [4.78, 5) is 33.9. The number of fused-ring (bicyclic) bond motifs is 1. The summed E-state index contributed by atoms with van der Waals surface area (Å²) < 4.78 is 5.44. The van der Waals surface area contributed by atoms with Gasteiger partial charge in [0.2, 0.25) is 5.91 Å². The molecule has 0 radical (unpaired) electrons. The number of carbonyl (C=O) groups excluding carboxylic acids is 1. The largest absolute Gasteiger partial charge is 0.379 e. The van der Waals surface area contributed by atoms with Gasteiger partial charge in [0.15, 0.2) is 5.16 Å². The van der Waals surface area contributed by atoms with E-state index in [1.54, 1.807) is 11.3 Å². The number of aromatic nitrogens is 2. The molecule has 2 N–H and O–H groups in total. The van der Waals surface area contributed by atoms with E-state index in [1.165, 1.54) is 11.8 Å². The van der Waals surface area contributed by atoms with Crippen LogP contribution in [0.1, 0.15) is 51.0 Å². The number of thioether (sulfide) groups is 1. The predicted octanol–water partition coefficient (Wildman–Crippen LogP) is 3.91. The van der Waals surface area contributed by atoms with Gasteiger partial charge in [-0.05, 0) is 45.1 Å². The molecule has 1 atom stereocenters. The van der Waals surface area contributed by atoms with Crippen molar-refractivity contribution < 1.29 is 9.53 Å². The highest BCUT2D eigenvalue weighted by Gasteiger charge is 2.17. The maximum absolute atomic E-state index is 12.6. The Balaban J connectivity index is 1.95. The zero-order valence-corrected chi connectivity index (χ0v) is 19.0. The van der Waals surface area contributed by atoms with E-state index in [0.717, 1.165) is 34.5 Å². The Morgan fingerprint density at radius 2 is 2.11 bits per heavy atom. The number of hydrogen-bond acceptors (Lipinski definition) is 6. The fourth-order valence-electron chi connectivity index (χ4n) is 2.77. The summed E-state index contributed by atoms with van der Waals surface area (Å²) in [5.74, 6) is 0.681. The third kappa shape index (κ3) is 6.60. The van der Waals surface area contributed by atoms with Crippen LogP contribution >= 0.6 is 23.1 Å². The van der Waals surface area contributed by atoms with Gasteiger partial charge in [0.05, 0.1) is 17.2 Å². The molecule has 0 fully saturated rings. The quantitative estimate of drug-likeness (QED) is 0.324. The molecule has 28 heavy (non-hydrogen) atoms. The molecule has 0 aliphatic rings. The van der Waals surface area contributed by atoms with Crippen LogP contribution in [0, 0.1) is 12.8 Å². The normalized spacial score (nSPS) is 12.6. The van der Waals surface area contributed by atoms with Gasteiger partial charge >= 0.3 is 0 Å². The van der Waals surface area contributed by atoms with Gasteiger partial charge in [-0.2, -0.15) is 0 Å². The van der Waals surface area contributed by atoms with Crippen molar-refractivity contribution >= 4 is 39.2 Å². The average Bonchev–Trinajstić information content (AvgIpc) is 2.95. The molecule has 2 rings (SSSR count). The molecule has 156 valence electrons. The predicted molar refractivity (Wildman–Crippen MR) is 118 cm³/mol. The first-order valence-corrected chi connectivity index (χ1v) is 11.6. The number of nitrogens with one attached hydrogen (secondary N) is 2. The van der Waals surface area contributed by atoms with Crippen LogP contribution in [0.5, 0.6) is 0 Å². The topological polar surface area (TPSA) is 84.1 Å². The molecule has 0 saturated carbocycles. The number of rotatable bonds is 11. The van der Waals surface area contributed by atoms with E-state index in [9.17, 15) is 9.59 Å². The van der Waals surface area contributed by atoms with Crippen molar-refractivity contribution in [2.24, 2.45) is 5.92 Å². The van der Waals surface area contributed by atoms with Crippen molar-refractivity contribution in [3.05, 3.63) is 20.8 Å². The van der Waals surface area contributed by atoms with Gasteiger partial charge in [-0.3, -0.25) is 9.59 Å². The minimum absolute atomic E-state index is 0.0721. The van der Waals surface area contributed by atoms with E-state index in [4.69, 9.17) is 4.74 Å². The fraction of sp³-hybridized carbons (Fsp3) is 0.650. The molecule has 0 bridgehead atoms. The molecular weight excluding hydrogens is 394 g/mol. The summed E-state index contributed by atoms with van der Waals surface area (Å²) in [5, 5.41) is 4.07. The van der Waals surface area contributed by atoms with Crippen molar-refractivity contribution in [1.29, 1.82) is 0 Å². The first-order chi connectivity index (χ1) is 13.3. The summed E-state index contributed by atoms with van der Waals surface area (Å²) in [5.41, 5.74) is 1.00. The highest BCUT2D eigenvalue weighted by atomic mass is 32.2. The highest BCUT2D eigenvalue weighted by Crippen LogP contribution is 2.30. The lowest BCUT2D eigenvalue weighted by atomic mass is 9.98. The summed E-state index contributed by atoms with van der Waals surface area (Å²) in [6.07, 6.45) is 2.95. The molecule has 0 aliphatic carbocycles. The molecule has 0 saturated heterocycles. The second-order valence-corrected chi connectivity index (χ2v) is 9.48. The molecule has 0 spiro atoms. The Morgan fingerprint density at radius 3 is 2.79 bits per heavy atom. The number of ether oxygens (including phenoxy) is 1. The highest BCUT2D eigenvalue weighted by molar-refractivity contribution is 7.99. The van der Waals surface area contributed by atoms with Crippen LogP contribution in [-0.2, 0) is 16.0 Å². The van der Waals surface area contributed by atoms with Crippen LogP contribution < -0.4 is 10.9 Å². The number of hydrogen-bond donors (Lipinski definition) is 2. The minimum Gasteiger partial charge on any atom is -0.379 e. The summed E-state index contributed by atoms with van der Waals surface area (Å²) in [6.45, 7) is 11.6. The van der Waals surface area contributed by atoms with E-state index >= 15 is 0 Å². The fourth-order valence-corrected chi connectivity index (χ4v) is 4.57. The van der Waals surface area contributed by atoms with Crippen LogP contribution in [-0.4, -0.2) is 40.9 Å². The maximum atomic E-state index is 12.6. The number of aryl methyl sites for hydroxylation is 1. The van der Waals surface area contributed by atoms with Crippen LogP contribution in [0.25, 0.3) is 10.2 Å². The number of amides is 1. The third-order valence-electron chi connectivity index (χ3n) is 4.52. The molecular formula is C20H31N3O3S2. The number of thiophene rings is 1. The summed E-state index contributed by atoms with van der Waals surface area (Å²) in [7, 11) is 0. The number of aromatic amines is 1. The van der Waals surface area contributed by atoms with Crippen LogP contribution in [0.4, 0.5) is 0 Å². The maximum Gasteiger partial charge on any atom is 0.260 e. The molecule has 8 heteroatoms. The van der Waals surface area contributed by atoms with Gasteiger partial charge in [-0.15, -0.1) is 11.3 Å². The molecule has 1 unspecified atom stereocenters. The minimum atomic E-state index is -0.110. The van der Waals surface area contributed by atoms with Crippen molar-refractivity contribution in [3.8, 4) is 0 Å². The molecule has 0 aromatic carbocycles. The number of carbonyl (C=O) groups is 1. The first kappa shape index (κ1) is 22.9. The standard InChI is InChI=1S/C20H31N3O3S2/c1-6-13(4)10-15-14(5)28-19-17(15)18(25)22-20(23-19)27-11-16(24)21-8-7-9-26-12(2)3/h12-13H,6-11H2,1-5H3,(H,21,24)(H,22,23,25). The Bertz CT molecular complexity index is 845. The van der Waals surface area contributed by atoms with Crippen LogP contribution in [0.3, 0.4) is 0 Å². The van der Waals surface area contributed by atoms with E-state index < -0.39 is 0 Å². The Hall–Kier alpha value is -1.38. The van der Waals surface area contributed by atoms with Crippen molar-refractivity contribution in [2.45, 2.75) is 65.1 Å². The van der Waals surface area contributed by atoms with E-state index in [1.807, 2.05) is 20.8 Å².